The molecule has 3 heteroatoms. The highest BCUT2D eigenvalue weighted by Crippen LogP contribution is 2.35. The summed E-state index contributed by atoms with van der Waals surface area (Å²) in [6.07, 6.45) is 9.44. The number of likely N-dealkylation sites (tertiary alicyclic amines) is 1. The van der Waals surface area contributed by atoms with Gasteiger partial charge in [-0.2, -0.15) is 0 Å². The molecule has 0 radical (unpaired) electrons. The van der Waals surface area contributed by atoms with Crippen molar-refractivity contribution in [3.05, 3.63) is 0 Å². The van der Waals surface area contributed by atoms with Crippen molar-refractivity contribution < 1.29 is 5.11 Å². The summed E-state index contributed by atoms with van der Waals surface area (Å²) in [4.78, 5) is 2.72. The third-order valence-corrected chi connectivity index (χ3v) is 4.78. The van der Waals surface area contributed by atoms with E-state index in [9.17, 15) is 0 Å². The Kier molecular flexibility index (Phi) is 5.93. The lowest BCUT2D eigenvalue weighted by Crippen LogP contribution is -2.52. The predicted molar refractivity (Wildman–Crippen MR) is 75.7 cm³/mol. The van der Waals surface area contributed by atoms with Crippen LogP contribution in [0, 0.1) is 5.92 Å². The zero-order chi connectivity index (χ0) is 12.8. The fourth-order valence-electron chi connectivity index (χ4n) is 3.94. The number of aliphatic hydroxyl groups is 1. The molecule has 0 aromatic rings. The highest BCUT2D eigenvalue weighted by atomic mass is 16.3. The predicted octanol–water partition coefficient (Wildman–Crippen LogP) is 2.00. The maximum atomic E-state index is 9.17. The van der Waals surface area contributed by atoms with E-state index in [-0.39, 0.29) is 0 Å². The first kappa shape index (κ1) is 14.3. The molecule has 1 aliphatic heterocycles. The Bertz CT molecular complexity index is 227. The second-order valence-electron chi connectivity index (χ2n) is 6.02. The summed E-state index contributed by atoms with van der Waals surface area (Å²) in [5.41, 5.74) is 0. The molecular weight excluding hydrogens is 224 g/mol. The fourth-order valence-corrected chi connectivity index (χ4v) is 3.94. The molecule has 3 nitrogen and oxygen atoms in total. The van der Waals surface area contributed by atoms with E-state index in [0.717, 1.165) is 31.5 Å². The zero-order valence-corrected chi connectivity index (χ0v) is 11.9. The summed E-state index contributed by atoms with van der Waals surface area (Å²) >= 11 is 0. The Balaban J connectivity index is 1.88. The van der Waals surface area contributed by atoms with E-state index in [4.69, 9.17) is 5.11 Å². The van der Waals surface area contributed by atoms with Gasteiger partial charge in [0.2, 0.25) is 0 Å². The standard InChI is InChI=1S/C15H30N2O/c1-2-16-14(9-11-18)12-17-10-5-7-13-6-3-4-8-15(13)17/h13-16,18H,2-12H2,1H3. The molecule has 2 rings (SSSR count). The minimum atomic E-state index is 0.305. The van der Waals surface area contributed by atoms with E-state index in [0.29, 0.717) is 12.6 Å². The number of nitrogens with zero attached hydrogens (tertiary/aromatic N) is 1. The van der Waals surface area contributed by atoms with Crippen LogP contribution < -0.4 is 5.32 Å². The van der Waals surface area contributed by atoms with Gasteiger partial charge in [0, 0.05) is 25.2 Å². The van der Waals surface area contributed by atoms with E-state index in [1.807, 2.05) is 0 Å². The summed E-state index contributed by atoms with van der Waals surface area (Å²) in [7, 11) is 0. The van der Waals surface area contributed by atoms with Gasteiger partial charge in [-0.05, 0) is 51.1 Å². The van der Waals surface area contributed by atoms with E-state index in [1.54, 1.807) is 0 Å². The minimum Gasteiger partial charge on any atom is -0.396 e. The van der Waals surface area contributed by atoms with Crippen molar-refractivity contribution >= 4 is 0 Å². The van der Waals surface area contributed by atoms with Crippen molar-refractivity contribution in [2.75, 3.05) is 26.2 Å². The Labute approximate surface area is 112 Å². The summed E-state index contributed by atoms with van der Waals surface area (Å²) in [6.45, 7) is 5.88. The number of hydrogen-bond acceptors (Lipinski definition) is 3. The molecule has 1 heterocycles. The Morgan fingerprint density at radius 1 is 1.22 bits per heavy atom. The molecule has 0 amide bonds. The lowest BCUT2D eigenvalue weighted by atomic mass is 9.78. The third-order valence-electron chi connectivity index (χ3n) is 4.78. The monoisotopic (exact) mass is 254 g/mol. The van der Waals surface area contributed by atoms with Gasteiger partial charge in [-0.25, -0.2) is 0 Å². The Morgan fingerprint density at radius 3 is 2.78 bits per heavy atom. The van der Waals surface area contributed by atoms with Gasteiger partial charge in [-0.15, -0.1) is 0 Å². The quantitative estimate of drug-likeness (QED) is 0.761. The molecule has 2 fully saturated rings. The van der Waals surface area contributed by atoms with Crippen LogP contribution in [0.4, 0.5) is 0 Å². The molecule has 1 saturated carbocycles. The smallest absolute Gasteiger partial charge is 0.0446 e. The molecule has 106 valence electrons. The largest absolute Gasteiger partial charge is 0.396 e. The average molecular weight is 254 g/mol. The van der Waals surface area contributed by atoms with Gasteiger partial charge in [0.25, 0.3) is 0 Å². The fraction of sp³-hybridized carbons (Fsp3) is 1.00. The van der Waals surface area contributed by atoms with Crippen LogP contribution in [0.25, 0.3) is 0 Å². The molecule has 2 N–H and O–H groups in total. The molecule has 3 unspecified atom stereocenters. The number of nitrogens with one attached hydrogen (secondary N) is 1. The van der Waals surface area contributed by atoms with Crippen molar-refractivity contribution in [3.8, 4) is 0 Å². The third kappa shape index (κ3) is 3.69. The zero-order valence-electron chi connectivity index (χ0n) is 11.9. The van der Waals surface area contributed by atoms with Gasteiger partial charge in [0.05, 0.1) is 0 Å². The molecule has 1 saturated heterocycles. The van der Waals surface area contributed by atoms with Crippen molar-refractivity contribution in [2.24, 2.45) is 5.92 Å². The normalized spacial score (nSPS) is 31.0. The van der Waals surface area contributed by atoms with Crippen LogP contribution in [0.1, 0.15) is 51.9 Å². The Morgan fingerprint density at radius 2 is 2.00 bits per heavy atom. The highest BCUT2D eigenvalue weighted by molar-refractivity contribution is 4.89. The molecule has 0 aromatic heterocycles. The number of likely N-dealkylation sites (N-methyl/N-ethyl adjacent to an activating group) is 1. The SMILES string of the molecule is CCNC(CCO)CN1CCCC2CCCCC21. The molecule has 3 atom stereocenters. The Hall–Kier alpha value is -0.120. The first-order valence-corrected chi connectivity index (χ1v) is 7.93. The average Bonchev–Trinajstić information content (AvgIpc) is 2.40. The van der Waals surface area contributed by atoms with Gasteiger partial charge in [-0.1, -0.05) is 19.8 Å². The lowest BCUT2D eigenvalue weighted by molar-refractivity contribution is 0.0504. The number of piperidine rings is 1. The van der Waals surface area contributed by atoms with Gasteiger partial charge < -0.3 is 10.4 Å². The molecular formula is C15H30N2O. The maximum absolute atomic E-state index is 9.17. The summed E-state index contributed by atoms with van der Waals surface area (Å²) in [6, 6.07) is 1.31. The topological polar surface area (TPSA) is 35.5 Å². The van der Waals surface area contributed by atoms with E-state index >= 15 is 0 Å². The molecule has 0 aromatic carbocycles. The van der Waals surface area contributed by atoms with Crippen LogP contribution in [-0.4, -0.2) is 48.3 Å². The molecule has 18 heavy (non-hydrogen) atoms. The van der Waals surface area contributed by atoms with Gasteiger partial charge in [-0.3, -0.25) is 4.90 Å². The number of rotatable bonds is 6. The number of aliphatic hydroxyl groups excluding tert-OH is 1. The van der Waals surface area contributed by atoms with Crippen LogP contribution in [0.2, 0.25) is 0 Å². The van der Waals surface area contributed by atoms with Gasteiger partial charge in [0.1, 0.15) is 0 Å². The van der Waals surface area contributed by atoms with E-state index in [1.165, 1.54) is 45.1 Å². The first-order chi connectivity index (χ1) is 8.85. The molecule has 2 aliphatic rings. The van der Waals surface area contributed by atoms with E-state index < -0.39 is 0 Å². The van der Waals surface area contributed by atoms with Crippen LogP contribution in [-0.2, 0) is 0 Å². The van der Waals surface area contributed by atoms with Crippen LogP contribution in [0.5, 0.6) is 0 Å². The molecule has 0 spiro atoms. The van der Waals surface area contributed by atoms with Gasteiger partial charge in [0.15, 0.2) is 0 Å². The van der Waals surface area contributed by atoms with Gasteiger partial charge >= 0.3 is 0 Å². The van der Waals surface area contributed by atoms with Crippen LogP contribution in [0.3, 0.4) is 0 Å². The van der Waals surface area contributed by atoms with E-state index in [2.05, 4.69) is 17.1 Å². The second kappa shape index (κ2) is 7.46. The molecule has 0 bridgehead atoms. The summed E-state index contributed by atoms with van der Waals surface area (Å²) < 4.78 is 0. The minimum absolute atomic E-state index is 0.305. The van der Waals surface area contributed by atoms with Crippen molar-refractivity contribution in [2.45, 2.75) is 64.0 Å². The molecule has 1 aliphatic carbocycles. The van der Waals surface area contributed by atoms with Crippen molar-refractivity contribution in [1.29, 1.82) is 0 Å². The number of hydrogen-bond donors (Lipinski definition) is 2. The first-order valence-electron chi connectivity index (χ1n) is 7.93. The van der Waals surface area contributed by atoms with Crippen LogP contribution >= 0.6 is 0 Å². The lowest BCUT2D eigenvalue weighted by Gasteiger charge is -2.45. The highest BCUT2D eigenvalue weighted by Gasteiger charge is 2.33. The van der Waals surface area contributed by atoms with Crippen molar-refractivity contribution in [1.82, 2.24) is 10.2 Å². The summed E-state index contributed by atoms with van der Waals surface area (Å²) in [5.74, 6) is 0.962. The number of fused-ring (bicyclic) bond motifs is 1. The second-order valence-corrected chi connectivity index (χ2v) is 6.02. The maximum Gasteiger partial charge on any atom is 0.0446 e. The summed E-state index contributed by atoms with van der Waals surface area (Å²) in [5, 5.41) is 12.7. The van der Waals surface area contributed by atoms with Crippen molar-refractivity contribution in [3.63, 3.8) is 0 Å². The van der Waals surface area contributed by atoms with Crippen LogP contribution in [0.15, 0.2) is 0 Å².